The van der Waals surface area contributed by atoms with E-state index in [-0.39, 0.29) is 10.0 Å². The molecular weight excluding hydrogens is 477 g/mol. The molecule has 0 N–H and O–H groups in total. The van der Waals surface area contributed by atoms with Crippen LogP contribution < -0.4 is 0 Å². The van der Waals surface area contributed by atoms with Gasteiger partial charge < -0.3 is 0 Å². The zero-order valence-corrected chi connectivity index (χ0v) is 14.8. The summed E-state index contributed by atoms with van der Waals surface area (Å²) in [5.41, 5.74) is 0.817. The van der Waals surface area contributed by atoms with Crippen LogP contribution in [0.2, 0.25) is 0 Å². The van der Waals surface area contributed by atoms with Crippen LogP contribution in [0.3, 0.4) is 0 Å². The van der Waals surface area contributed by atoms with Gasteiger partial charge >= 0.3 is 0 Å². The zero-order chi connectivity index (χ0) is 13.4. The third-order valence-electron chi connectivity index (χ3n) is 2.27. The van der Waals surface area contributed by atoms with Crippen molar-refractivity contribution in [2.24, 2.45) is 0 Å². The van der Waals surface area contributed by atoms with Gasteiger partial charge in [0.25, 0.3) is 0 Å². The second-order valence-electron chi connectivity index (χ2n) is 3.43. The molecule has 0 aliphatic rings. The largest absolute Gasteiger partial charge is 0.207 e. The molecule has 1 atom stereocenters. The third kappa shape index (κ3) is 2.98. The first-order valence-electron chi connectivity index (χ1n) is 4.63. The fraction of sp³-hybridized carbons (Fsp3) is 0.0909. The van der Waals surface area contributed by atoms with Crippen molar-refractivity contribution in [3.8, 4) is 0 Å². The van der Waals surface area contributed by atoms with Crippen molar-refractivity contribution in [2.45, 2.75) is 5.38 Å². The van der Waals surface area contributed by atoms with Crippen LogP contribution in [-0.2, 0) is 0 Å². The number of alkyl halides is 1. The first-order valence-corrected chi connectivity index (χ1v) is 8.26. The molecule has 1 heterocycles. The highest BCUT2D eigenvalue weighted by Crippen LogP contribution is 2.42. The standard InChI is InChI=1S/C11H4Br3ClF2S/c12-6-3-7(16)4(1-8(6)17)10(15)5-2-9(13)18-11(5)14/h1-3,10H. The quantitative estimate of drug-likeness (QED) is 0.333. The molecule has 96 valence electrons. The Kier molecular flexibility index (Phi) is 4.86. The first kappa shape index (κ1) is 14.9. The lowest BCUT2D eigenvalue weighted by Crippen LogP contribution is -1.98. The highest BCUT2D eigenvalue weighted by molar-refractivity contribution is 9.12. The van der Waals surface area contributed by atoms with Gasteiger partial charge in [0.15, 0.2) is 0 Å². The molecule has 0 saturated heterocycles. The SMILES string of the molecule is Fc1cc(C(Cl)c2cc(Br)sc2Br)c(F)cc1Br. The third-order valence-corrected chi connectivity index (χ3v) is 5.73. The fourth-order valence-corrected chi connectivity index (χ4v) is 5.18. The Hall–Kier alpha value is 0.510. The van der Waals surface area contributed by atoms with Gasteiger partial charge in [0, 0.05) is 11.1 Å². The number of benzene rings is 1. The van der Waals surface area contributed by atoms with E-state index in [4.69, 9.17) is 11.6 Å². The molecule has 1 unspecified atom stereocenters. The number of halogens is 6. The molecule has 0 bridgehead atoms. The van der Waals surface area contributed by atoms with Gasteiger partial charge in [-0.3, -0.25) is 0 Å². The molecule has 0 aliphatic carbocycles. The smallest absolute Gasteiger partial charge is 0.137 e. The minimum Gasteiger partial charge on any atom is -0.207 e. The Bertz CT molecular complexity index is 600. The Morgan fingerprint density at radius 3 is 2.22 bits per heavy atom. The summed E-state index contributed by atoms with van der Waals surface area (Å²) in [4.78, 5) is 0. The predicted molar refractivity (Wildman–Crippen MR) is 81.5 cm³/mol. The van der Waals surface area contributed by atoms with E-state index in [1.807, 2.05) is 0 Å². The van der Waals surface area contributed by atoms with E-state index in [0.29, 0.717) is 5.56 Å². The lowest BCUT2D eigenvalue weighted by molar-refractivity contribution is 0.582. The Morgan fingerprint density at radius 1 is 1.00 bits per heavy atom. The number of rotatable bonds is 2. The van der Waals surface area contributed by atoms with Gasteiger partial charge in [-0.2, -0.15) is 0 Å². The summed E-state index contributed by atoms with van der Waals surface area (Å²) in [6.45, 7) is 0. The van der Waals surface area contributed by atoms with Crippen LogP contribution in [0.4, 0.5) is 8.78 Å². The predicted octanol–water partition coefficient (Wildman–Crippen LogP) is 6.64. The number of hydrogen-bond donors (Lipinski definition) is 0. The monoisotopic (exact) mass is 478 g/mol. The van der Waals surface area contributed by atoms with Crippen LogP contribution in [0, 0.1) is 11.6 Å². The molecule has 0 nitrogen and oxygen atoms in total. The Labute approximate surface area is 137 Å². The molecule has 0 amide bonds. The maximum Gasteiger partial charge on any atom is 0.137 e. The van der Waals surface area contributed by atoms with Crippen molar-refractivity contribution in [3.63, 3.8) is 0 Å². The van der Waals surface area contributed by atoms with Gasteiger partial charge in [-0.1, -0.05) is 0 Å². The van der Waals surface area contributed by atoms with Crippen molar-refractivity contribution in [1.29, 1.82) is 0 Å². The van der Waals surface area contributed by atoms with E-state index in [1.165, 1.54) is 11.3 Å². The van der Waals surface area contributed by atoms with Gasteiger partial charge in [0.05, 0.1) is 17.4 Å². The van der Waals surface area contributed by atoms with Gasteiger partial charge in [0.1, 0.15) is 11.6 Å². The van der Waals surface area contributed by atoms with Crippen molar-refractivity contribution < 1.29 is 8.78 Å². The normalized spacial score (nSPS) is 12.8. The van der Waals surface area contributed by atoms with E-state index >= 15 is 0 Å². The van der Waals surface area contributed by atoms with Gasteiger partial charge in [-0.25, -0.2) is 8.78 Å². The van der Waals surface area contributed by atoms with Gasteiger partial charge in [-0.15, -0.1) is 22.9 Å². The summed E-state index contributed by atoms with van der Waals surface area (Å²) in [5, 5.41) is -0.746. The maximum absolute atomic E-state index is 13.8. The summed E-state index contributed by atoms with van der Waals surface area (Å²) in [5.74, 6) is -1.08. The van der Waals surface area contributed by atoms with Crippen LogP contribution in [-0.4, -0.2) is 0 Å². The van der Waals surface area contributed by atoms with E-state index in [9.17, 15) is 8.78 Å². The molecule has 0 radical (unpaired) electrons. The first-order chi connectivity index (χ1) is 8.40. The van der Waals surface area contributed by atoms with E-state index < -0.39 is 17.0 Å². The molecular formula is C11H4Br3ClF2S. The summed E-state index contributed by atoms with van der Waals surface area (Å²) in [7, 11) is 0. The van der Waals surface area contributed by atoms with Crippen LogP contribution in [0.15, 0.2) is 30.2 Å². The Balaban J connectivity index is 2.49. The molecule has 0 aliphatic heterocycles. The van der Waals surface area contributed by atoms with E-state index in [0.717, 1.165) is 19.7 Å². The van der Waals surface area contributed by atoms with Crippen LogP contribution in [0.5, 0.6) is 0 Å². The second kappa shape index (κ2) is 5.87. The van der Waals surface area contributed by atoms with Crippen LogP contribution in [0.25, 0.3) is 0 Å². The molecule has 0 fully saturated rings. The fourth-order valence-electron chi connectivity index (χ4n) is 1.43. The van der Waals surface area contributed by atoms with Crippen LogP contribution >= 0.6 is 70.7 Å². The van der Waals surface area contributed by atoms with E-state index in [1.54, 1.807) is 6.07 Å². The molecule has 7 heteroatoms. The lowest BCUT2D eigenvalue weighted by atomic mass is 10.1. The summed E-state index contributed by atoms with van der Waals surface area (Å²) < 4.78 is 29.0. The minimum atomic E-state index is -0.746. The highest BCUT2D eigenvalue weighted by atomic mass is 79.9. The maximum atomic E-state index is 13.8. The summed E-state index contributed by atoms with van der Waals surface area (Å²) in [6.07, 6.45) is 0. The van der Waals surface area contributed by atoms with Crippen molar-refractivity contribution in [2.75, 3.05) is 0 Å². The van der Waals surface area contributed by atoms with Crippen LogP contribution in [0.1, 0.15) is 16.5 Å². The molecule has 2 aromatic rings. The minimum absolute atomic E-state index is 0.0816. The average molecular weight is 481 g/mol. The van der Waals surface area contributed by atoms with Crippen molar-refractivity contribution in [3.05, 3.63) is 53.0 Å². The molecule has 0 saturated carbocycles. The molecule has 1 aromatic heterocycles. The lowest BCUT2D eigenvalue weighted by Gasteiger charge is -2.11. The average Bonchev–Trinajstić information content (AvgIpc) is 2.62. The highest BCUT2D eigenvalue weighted by Gasteiger charge is 2.21. The zero-order valence-electron chi connectivity index (χ0n) is 8.49. The second-order valence-corrected chi connectivity index (χ2v) is 8.47. The number of thiophene rings is 1. The van der Waals surface area contributed by atoms with E-state index in [2.05, 4.69) is 47.8 Å². The molecule has 1 aromatic carbocycles. The summed E-state index contributed by atoms with van der Waals surface area (Å²) in [6, 6.07) is 3.97. The van der Waals surface area contributed by atoms with Crippen molar-refractivity contribution in [1.82, 2.24) is 0 Å². The summed E-state index contributed by atoms with van der Waals surface area (Å²) >= 11 is 17.2. The Morgan fingerprint density at radius 2 is 1.67 bits per heavy atom. The molecule has 0 spiro atoms. The molecule has 18 heavy (non-hydrogen) atoms. The van der Waals surface area contributed by atoms with Gasteiger partial charge in [0.2, 0.25) is 0 Å². The van der Waals surface area contributed by atoms with Crippen molar-refractivity contribution >= 4 is 70.7 Å². The van der Waals surface area contributed by atoms with Gasteiger partial charge in [-0.05, 0) is 66.0 Å². The molecule has 2 rings (SSSR count). The topological polar surface area (TPSA) is 0 Å². The number of hydrogen-bond acceptors (Lipinski definition) is 1.